The van der Waals surface area contributed by atoms with Crippen LogP contribution in [0.25, 0.3) is 0 Å². The lowest BCUT2D eigenvalue weighted by molar-refractivity contribution is 0.597. The van der Waals surface area contributed by atoms with Crippen molar-refractivity contribution in [1.29, 1.82) is 0 Å². The Kier molecular flexibility index (Phi) is 3.86. The van der Waals surface area contributed by atoms with E-state index in [1.807, 2.05) is 0 Å². The average molecular weight is 296 g/mol. The molecule has 4 N–H and O–H groups in total. The number of nitrogens with one attached hydrogen (secondary N) is 2. The molecular formula is C12H13FN4O2S. The second-order valence-corrected chi connectivity index (χ2v) is 5.66. The second kappa shape index (κ2) is 5.43. The van der Waals surface area contributed by atoms with Crippen molar-refractivity contribution in [3.05, 3.63) is 47.9 Å². The Morgan fingerprint density at radius 2 is 2.00 bits per heavy atom. The Morgan fingerprint density at radius 1 is 1.25 bits per heavy atom. The number of aromatic nitrogens is 1. The fourth-order valence-electron chi connectivity index (χ4n) is 1.61. The summed E-state index contributed by atoms with van der Waals surface area (Å²) < 4.78 is 40.0. The summed E-state index contributed by atoms with van der Waals surface area (Å²) in [6, 6.07) is 6.85. The molecule has 0 aliphatic heterocycles. The SMILES string of the molecule is Cc1ccc(F)cc1NS(=O)(=O)c1ncccc1NN. The van der Waals surface area contributed by atoms with E-state index in [2.05, 4.69) is 15.1 Å². The molecule has 20 heavy (non-hydrogen) atoms. The molecule has 106 valence electrons. The normalized spacial score (nSPS) is 11.2. The van der Waals surface area contributed by atoms with Crippen molar-refractivity contribution in [1.82, 2.24) is 4.98 Å². The van der Waals surface area contributed by atoms with Crippen LogP contribution in [0.4, 0.5) is 15.8 Å². The van der Waals surface area contributed by atoms with Gasteiger partial charge in [0.1, 0.15) is 5.82 Å². The number of hydrazine groups is 1. The Morgan fingerprint density at radius 3 is 2.70 bits per heavy atom. The Balaban J connectivity index is 2.43. The highest BCUT2D eigenvalue weighted by Crippen LogP contribution is 2.23. The van der Waals surface area contributed by atoms with Crippen molar-refractivity contribution in [2.24, 2.45) is 5.84 Å². The van der Waals surface area contributed by atoms with Gasteiger partial charge in [0.25, 0.3) is 10.0 Å². The van der Waals surface area contributed by atoms with Crippen LogP contribution >= 0.6 is 0 Å². The van der Waals surface area contributed by atoms with Gasteiger partial charge in [-0.15, -0.1) is 0 Å². The Labute approximate surface area is 115 Å². The largest absolute Gasteiger partial charge is 0.321 e. The lowest BCUT2D eigenvalue weighted by Crippen LogP contribution is -2.19. The van der Waals surface area contributed by atoms with Gasteiger partial charge in [-0.3, -0.25) is 10.6 Å². The Bertz CT molecular complexity index is 734. The maximum Gasteiger partial charge on any atom is 0.281 e. The molecule has 1 aromatic carbocycles. The molecule has 6 nitrogen and oxygen atoms in total. The summed E-state index contributed by atoms with van der Waals surface area (Å²) in [5.41, 5.74) is 3.15. The van der Waals surface area contributed by atoms with Crippen LogP contribution < -0.4 is 16.0 Å². The summed E-state index contributed by atoms with van der Waals surface area (Å²) >= 11 is 0. The first-order valence-corrected chi connectivity index (χ1v) is 7.13. The topological polar surface area (TPSA) is 97.1 Å². The third kappa shape index (κ3) is 2.86. The number of rotatable bonds is 4. The smallest absolute Gasteiger partial charge is 0.281 e. The zero-order valence-corrected chi connectivity index (χ0v) is 11.4. The van der Waals surface area contributed by atoms with E-state index in [9.17, 15) is 12.8 Å². The van der Waals surface area contributed by atoms with E-state index in [1.165, 1.54) is 24.4 Å². The van der Waals surface area contributed by atoms with Gasteiger partial charge in [0.05, 0.1) is 11.4 Å². The zero-order valence-electron chi connectivity index (χ0n) is 10.6. The van der Waals surface area contributed by atoms with Crippen LogP contribution in [0.3, 0.4) is 0 Å². The van der Waals surface area contributed by atoms with E-state index < -0.39 is 15.8 Å². The van der Waals surface area contributed by atoms with Gasteiger partial charge in [-0.2, -0.15) is 8.42 Å². The van der Waals surface area contributed by atoms with Crippen molar-refractivity contribution >= 4 is 21.4 Å². The second-order valence-electron chi connectivity index (χ2n) is 4.07. The lowest BCUT2D eigenvalue weighted by Gasteiger charge is -2.12. The number of nitrogens with two attached hydrogens (primary N) is 1. The van der Waals surface area contributed by atoms with Crippen LogP contribution in [-0.2, 0) is 10.0 Å². The lowest BCUT2D eigenvalue weighted by atomic mass is 10.2. The molecule has 0 spiro atoms. The van der Waals surface area contributed by atoms with Crippen molar-refractivity contribution in [2.45, 2.75) is 11.9 Å². The van der Waals surface area contributed by atoms with E-state index in [0.29, 0.717) is 5.56 Å². The van der Waals surface area contributed by atoms with Gasteiger partial charge in [-0.1, -0.05) is 6.07 Å². The first-order valence-electron chi connectivity index (χ1n) is 5.64. The van der Waals surface area contributed by atoms with E-state index in [4.69, 9.17) is 5.84 Å². The highest BCUT2D eigenvalue weighted by atomic mass is 32.2. The highest BCUT2D eigenvalue weighted by Gasteiger charge is 2.20. The molecule has 0 atom stereocenters. The van der Waals surface area contributed by atoms with Gasteiger partial charge in [0.2, 0.25) is 5.03 Å². The predicted octanol–water partition coefficient (Wildman–Crippen LogP) is 1.62. The first kappa shape index (κ1) is 14.2. The quantitative estimate of drug-likeness (QED) is 0.588. The van der Waals surface area contributed by atoms with Crippen molar-refractivity contribution < 1.29 is 12.8 Å². The van der Waals surface area contributed by atoms with Crippen LogP contribution in [-0.4, -0.2) is 13.4 Å². The minimum absolute atomic E-state index is 0.147. The van der Waals surface area contributed by atoms with Gasteiger partial charge in [-0.25, -0.2) is 9.37 Å². The molecule has 0 amide bonds. The molecule has 0 radical (unpaired) electrons. The number of hydrogen-bond acceptors (Lipinski definition) is 5. The molecule has 0 aliphatic rings. The van der Waals surface area contributed by atoms with Gasteiger partial charge < -0.3 is 5.43 Å². The number of sulfonamides is 1. The summed E-state index contributed by atoms with van der Waals surface area (Å²) in [5.74, 6) is 4.72. The van der Waals surface area contributed by atoms with Gasteiger partial charge in [0.15, 0.2) is 0 Å². The average Bonchev–Trinajstić information content (AvgIpc) is 2.42. The molecule has 0 saturated carbocycles. The number of aryl methyl sites for hydroxylation is 1. The van der Waals surface area contributed by atoms with Crippen LogP contribution in [0.1, 0.15) is 5.56 Å². The predicted molar refractivity (Wildman–Crippen MR) is 74.0 cm³/mol. The third-order valence-electron chi connectivity index (χ3n) is 2.63. The van der Waals surface area contributed by atoms with E-state index in [1.54, 1.807) is 13.0 Å². The highest BCUT2D eigenvalue weighted by molar-refractivity contribution is 7.92. The summed E-state index contributed by atoms with van der Waals surface area (Å²) in [7, 11) is -3.97. The number of halogens is 1. The molecule has 0 aliphatic carbocycles. The van der Waals surface area contributed by atoms with E-state index >= 15 is 0 Å². The summed E-state index contributed by atoms with van der Waals surface area (Å²) in [6.45, 7) is 1.66. The standard InChI is InChI=1S/C12H13FN4O2S/c1-8-4-5-9(13)7-11(8)17-20(18,19)12-10(16-14)3-2-6-15-12/h2-7,16-17H,14H2,1H3. The van der Waals surface area contributed by atoms with Gasteiger partial charge in [0, 0.05) is 6.20 Å². The monoisotopic (exact) mass is 296 g/mol. The maximum absolute atomic E-state index is 13.2. The minimum atomic E-state index is -3.97. The summed E-state index contributed by atoms with van der Waals surface area (Å²) in [6.07, 6.45) is 1.33. The number of pyridine rings is 1. The first-order chi connectivity index (χ1) is 9.44. The van der Waals surface area contributed by atoms with Crippen LogP contribution in [0, 0.1) is 12.7 Å². The molecule has 0 bridgehead atoms. The fourth-order valence-corrected chi connectivity index (χ4v) is 2.83. The van der Waals surface area contributed by atoms with E-state index in [0.717, 1.165) is 6.07 Å². The van der Waals surface area contributed by atoms with Crippen LogP contribution in [0.5, 0.6) is 0 Å². The third-order valence-corrected chi connectivity index (χ3v) is 3.95. The number of anilines is 2. The molecule has 1 aromatic heterocycles. The summed E-state index contributed by atoms with van der Waals surface area (Å²) in [5, 5.41) is -0.258. The van der Waals surface area contributed by atoms with Crippen molar-refractivity contribution in [3.8, 4) is 0 Å². The molecular weight excluding hydrogens is 283 g/mol. The molecule has 0 unspecified atom stereocenters. The van der Waals surface area contributed by atoms with Crippen molar-refractivity contribution in [2.75, 3.05) is 10.1 Å². The molecule has 0 fully saturated rings. The fraction of sp³-hybridized carbons (Fsp3) is 0.0833. The Hall–Kier alpha value is -2.19. The molecule has 0 saturated heterocycles. The number of hydrogen-bond donors (Lipinski definition) is 3. The van der Waals surface area contributed by atoms with Crippen molar-refractivity contribution in [3.63, 3.8) is 0 Å². The maximum atomic E-state index is 13.2. The molecule has 8 heteroatoms. The van der Waals surface area contributed by atoms with Gasteiger partial charge >= 0.3 is 0 Å². The number of nitrogens with zero attached hydrogens (tertiary/aromatic N) is 1. The zero-order chi connectivity index (χ0) is 14.8. The number of nitrogen functional groups attached to an aromatic ring is 1. The molecule has 2 aromatic rings. The molecule has 1 heterocycles. The van der Waals surface area contributed by atoms with E-state index in [-0.39, 0.29) is 16.4 Å². The van der Waals surface area contributed by atoms with Gasteiger partial charge in [-0.05, 0) is 36.8 Å². The minimum Gasteiger partial charge on any atom is -0.321 e. The molecule has 2 rings (SSSR count). The van der Waals surface area contributed by atoms with Crippen LogP contribution in [0.2, 0.25) is 0 Å². The van der Waals surface area contributed by atoms with Crippen LogP contribution in [0.15, 0.2) is 41.6 Å². The number of benzene rings is 1. The summed E-state index contributed by atoms with van der Waals surface area (Å²) in [4.78, 5) is 3.78.